The minimum atomic E-state index is 0.0763. The van der Waals surface area contributed by atoms with Crippen LogP contribution in [0.3, 0.4) is 0 Å². The van der Waals surface area contributed by atoms with Gasteiger partial charge in [0.1, 0.15) is 18.5 Å². The highest BCUT2D eigenvalue weighted by molar-refractivity contribution is 5.40. The van der Waals surface area contributed by atoms with Crippen LogP contribution in [0.25, 0.3) is 0 Å². The number of benzene rings is 1. The molecule has 2 rings (SSSR count). The van der Waals surface area contributed by atoms with Gasteiger partial charge in [-0.2, -0.15) is 0 Å². The molecule has 19 heavy (non-hydrogen) atoms. The zero-order valence-electron chi connectivity index (χ0n) is 12.7. The predicted molar refractivity (Wildman–Crippen MR) is 78.0 cm³/mol. The van der Waals surface area contributed by atoms with Gasteiger partial charge in [-0.25, -0.2) is 0 Å². The number of hydrogen-bond donors (Lipinski definition) is 1. The van der Waals surface area contributed by atoms with E-state index < -0.39 is 0 Å². The van der Waals surface area contributed by atoms with Crippen LogP contribution in [0.5, 0.6) is 5.75 Å². The maximum absolute atomic E-state index is 5.92. The monoisotopic (exact) mass is 263 g/mol. The number of rotatable bonds is 3. The van der Waals surface area contributed by atoms with Crippen LogP contribution in [0.15, 0.2) is 12.1 Å². The predicted octanol–water partition coefficient (Wildman–Crippen LogP) is 2.76. The zero-order valence-corrected chi connectivity index (χ0v) is 12.7. The maximum Gasteiger partial charge on any atom is 0.122 e. The average molecular weight is 263 g/mol. The Labute approximate surface area is 116 Å². The second-order valence-corrected chi connectivity index (χ2v) is 6.21. The van der Waals surface area contributed by atoms with E-state index in [1.807, 2.05) is 0 Å². The Kier molecular flexibility index (Phi) is 4.16. The topological polar surface area (TPSA) is 30.5 Å². The van der Waals surface area contributed by atoms with E-state index in [0.717, 1.165) is 18.9 Å². The van der Waals surface area contributed by atoms with Crippen LogP contribution in [0.2, 0.25) is 0 Å². The molecule has 1 aromatic rings. The molecule has 1 heterocycles. The minimum Gasteiger partial charge on any atom is -0.491 e. The smallest absolute Gasteiger partial charge is 0.122 e. The summed E-state index contributed by atoms with van der Waals surface area (Å²) in [4.78, 5) is 0. The Morgan fingerprint density at radius 1 is 1.21 bits per heavy atom. The summed E-state index contributed by atoms with van der Waals surface area (Å²) in [5.41, 5.74) is 3.84. The van der Waals surface area contributed by atoms with Crippen LogP contribution in [0.4, 0.5) is 0 Å². The molecule has 3 nitrogen and oxygen atoms in total. The third kappa shape index (κ3) is 3.71. The van der Waals surface area contributed by atoms with E-state index in [2.05, 4.69) is 52.1 Å². The van der Waals surface area contributed by atoms with Crippen molar-refractivity contribution in [3.8, 4) is 5.75 Å². The molecule has 0 aliphatic carbocycles. The van der Waals surface area contributed by atoms with Gasteiger partial charge in [-0.1, -0.05) is 6.07 Å². The lowest BCUT2D eigenvalue weighted by atomic mass is 10.0. The highest BCUT2D eigenvalue weighted by Crippen LogP contribution is 2.23. The summed E-state index contributed by atoms with van der Waals surface area (Å²) >= 11 is 0. The second-order valence-electron chi connectivity index (χ2n) is 6.21. The van der Waals surface area contributed by atoms with Crippen LogP contribution >= 0.6 is 0 Å². The molecule has 1 N–H and O–H groups in total. The average Bonchev–Trinajstić information content (AvgIpc) is 2.33. The van der Waals surface area contributed by atoms with Gasteiger partial charge in [0, 0.05) is 12.1 Å². The fourth-order valence-corrected chi connectivity index (χ4v) is 2.21. The van der Waals surface area contributed by atoms with Crippen LogP contribution in [0.1, 0.15) is 30.5 Å². The van der Waals surface area contributed by atoms with Gasteiger partial charge in [-0.15, -0.1) is 0 Å². The van der Waals surface area contributed by atoms with Crippen molar-refractivity contribution < 1.29 is 9.47 Å². The van der Waals surface area contributed by atoms with E-state index in [-0.39, 0.29) is 11.6 Å². The summed E-state index contributed by atoms with van der Waals surface area (Å²) in [7, 11) is 0. The van der Waals surface area contributed by atoms with Gasteiger partial charge in [0.25, 0.3) is 0 Å². The van der Waals surface area contributed by atoms with Crippen LogP contribution in [-0.4, -0.2) is 31.4 Å². The van der Waals surface area contributed by atoms with Gasteiger partial charge in [0.05, 0.1) is 6.61 Å². The molecule has 106 valence electrons. The SMILES string of the molecule is Cc1cc(C)c(OCC2CNC(C)(C)CO2)cc1C. The molecule has 1 aromatic carbocycles. The first kappa shape index (κ1) is 14.4. The molecule has 3 heteroatoms. The summed E-state index contributed by atoms with van der Waals surface area (Å²) in [6.07, 6.45) is 0.133. The van der Waals surface area contributed by atoms with E-state index >= 15 is 0 Å². The highest BCUT2D eigenvalue weighted by atomic mass is 16.5. The quantitative estimate of drug-likeness (QED) is 0.909. The number of ether oxygens (including phenoxy) is 2. The third-order valence-electron chi connectivity index (χ3n) is 3.70. The Morgan fingerprint density at radius 3 is 2.53 bits per heavy atom. The molecule has 1 unspecified atom stereocenters. The van der Waals surface area contributed by atoms with E-state index in [0.29, 0.717) is 6.61 Å². The molecule has 0 amide bonds. The van der Waals surface area contributed by atoms with E-state index in [1.165, 1.54) is 16.7 Å². The molecule has 1 fully saturated rings. The van der Waals surface area contributed by atoms with Crippen molar-refractivity contribution in [1.29, 1.82) is 0 Å². The summed E-state index contributed by atoms with van der Waals surface area (Å²) in [6, 6.07) is 4.29. The highest BCUT2D eigenvalue weighted by Gasteiger charge is 2.27. The molecule has 0 radical (unpaired) electrons. The Balaban J connectivity index is 1.91. The standard InChI is InChI=1S/C16H25NO2/c1-11-6-13(3)15(7-12(11)2)18-9-14-8-17-16(4,5)10-19-14/h6-7,14,17H,8-10H2,1-5H3. The number of hydrogen-bond acceptors (Lipinski definition) is 3. The number of nitrogens with one attached hydrogen (secondary N) is 1. The van der Waals surface area contributed by atoms with Crippen LogP contribution in [-0.2, 0) is 4.74 Å². The molecule has 0 saturated carbocycles. The van der Waals surface area contributed by atoms with Crippen LogP contribution in [0, 0.1) is 20.8 Å². The largest absolute Gasteiger partial charge is 0.491 e. The molecule has 0 spiro atoms. The lowest BCUT2D eigenvalue weighted by Gasteiger charge is -2.35. The summed E-state index contributed by atoms with van der Waals surface area (Å²) in [5.74, 6) is 0.969. The van der Waals surface area contributed by atoms with Crippen molar-refractivity contribution in [2.45, 2.75) is 46.3 Å². The normalized spacial score (nSPS) is 22.3. The molecular weight excluding hydrogens is 238 g/mol. The Morgan fingerprint density at radius 2 is 1.89 bits per heavy atom. The number of aryl methyl sites for hydroxylation is 3. The van der Waals surface area contributed by atoms with Crippen molar-refractivity contribution in [3.05, 3.63) is 28.8 Å². The van der Waals surface area contributed by atoms with Gasteiger partial charge in [-0.05, 0) is 57.4 Å². The van der Waals surface area contributed by atoms with Gasteiger partial charge in [0.2, 0.25) is 0 Å². The Hall–Kier alpha value is -1.06. The maximum atomic E-state index is 5.92. The number of morpholine rings is 1. The Bertz CT molecular complexity index is 444. The fraction of sp³-hybridized carbons (Fsp3) is 0.625. The summed E-state index contributed by atoms with van der Waals surface area (Å²) < 4.78 is 11.7. The van der Waals surface area contributed by atoms with Gasteiger partial charge < -0.3 is 14.8 Å². The van der Waals surface area contributed by atoms with Crippen molar-refractivity contribution >= 4 is 0 Å². The summed E-state index contributed by atoms with van der Waals surface area (Å²) in [6.45, 7) is 12.8. The first-order valence-electron chi connectivity index (χ1n) is 6.95. The van der Waals surface area contributed by atoms with Crippen LogP contribution < -0.4 is 10.1 Å². The molecule has 0 bridgehead atoms. The first-order valence-corrected chi connectivity index (χ1v) is 6.95. The molecule has 1 atom stereocenters. The lowest BCUT2D eigenvalue weighted by Crippen LogP contribution is -2.54. The lowest BCUT2D eigenvalue weighted by molar-refractivity contribution is -0.0412. The molecule has 1 aliphatic heterocycles. The summed E-state index contributed by atoms with van der Waals surface area (Å²) in [5, 5.41) is 3.47. The zero-order chi connectivity index (χ0) is 14.0. The van der Waals surface area contributed by atoms with Gasteiger partial charge in [0.15, 0.2) is 0 Å². The minimum absolute atomic E-state index is 0.0763. The van der Waals surface area contributed by atoms with E-state index in [4.69, 9.17) is 9.47 Å². The second kappa shape index (κ2) is 5.51. The van der Waals surface area contributed by atoms with Gasteiger partial charge >= 0.3 is 0 Å². The molecule has 1 saturated heterocycles. The molecular formula is C16H25NO2. The van der Waals surface area contributed by atoms with Crippen molar-refractivity contribution in [3.63, 3.8) is 0 Å². The molecule has 0 aromatic heterocycles. The van der Waals surface area contributed by atoms with E-state index in [9.17, 15) is 0 Å². The third-order valence-corrected chi connectivity index (χ3v) is 3.70. The van der Waals surface area contributed by atoms with E-state index in [1.54, 1.807) is 0 Å². The van der Waals surface area contributed by atoms with Crippen molar-refractivity contribution in [2.24, 2.45) is 0 Å². The van der Waals surface area contributed by atoms with Crippen molar-refractivity contribution in [1.82, 2.24) is 5.32 Å². The van der Waals surface area contributed by atoms with Gasteiger partial charge in [-0.3, -0.25) is 0 Å². The molecule has 1 aliphatic rings. The fourth-order valence-electron chi connectivity index (χ4n) is 2.21. The van der Waals surface area contributed by atoms with Crippen molar-refractivity contribution in [2.75, 3.05) is 19.8 Å². The first-order chi connectivity index (χ1) is 8.87.